The number of thiophene rings is 1. The molecule has 7 nitrogen and oxygen atoms in total. The topological polar surface area (TPSA) is 84.5 Å². The highest BCUT2D eigenvalue weighted by Crippen LogP contribution is 2.28. The van der Waals surface area contributed by atoms with Crippen molar-refractivity contribution in [1.82, 2.24) is 14.9 Å². The molecular formula is C19H27N3O4S. The summed E-state index contributed by atoms with van der Waals surface area (Å²) in [7, 11) is 1.55. The van der Waals surface area contributed by atoms with Crippen molar-refractivity contribution in [3.8, 4) is 0 Å². The van der Waals surface area contributed by atoms with Gasteiger partial charge in [-0.2, -0.15) is 0 Å². The van der Waals surface area contributed by atoms with Crippen LogP contribution in [-0.4, -0.2) is 53.7 Å². The summed E-state index contributed by atoms with van der Waals surface area (Å²) in [5.74, 6) is 0.226. The molecule has 1 aliphatic heterocycles. The van der Waals surface area contributed by atoms with Crippen LogP contribution in [0, 0.1) is 6.92 Å². The van der Waals surface area contributed by atoms with E-state index in [2.05, 4.69) is 21.8 Å². The van der Waals surface area contributed by atoms with Gasteiger partial charge in [0.05, 0.1) is 18.5 Å². The number of fused-ring (bicyclic) bond motifs is 1. The summed E-state index contributed by atoms with van der Waals surface area (Å²) in [6.07, 6.45) is 4.73. The first kappa shape index (κ1) is 20.0. The zero-order valence-corrected chi connectivity index (χ0v) is 17.0. The highest BCUT2D eigenvalue weighted by molar-refractivity contribution is 7.20. The van der Waals surface area contributed by atoms with E-state index in [1.165, 1.54) is 30.6 Å². The molecule has 148 valence electrons. The van der Waals surface area contributed by atoms with Gasteiger partial charge in [-0.3, -0.25) is 9.69 Å². The minimum atomic E-state index is -0.435. The molecule has 0 bridgehead atoms. The number of hydrogen-bond acceptors (Lipinski definition) is 7. The normalized spacial score (nSPS) is 18.1. The number of likely N-dealkylation sites (tertiary alicyclic amines) is 1. The minimum Gasteiger partial charge on any atom is -0.459 e. The zero-order chi connectivity index (χ0) is 19.4. The maximum absolute atomic E-state index is 12.6. The lowest BCUT2D eigenvalue weighted by Crippen LogP contribution is -2.39. The van der Waals surface area contributed by atoms with Crippen LogP contribution in [0.2, 0.25) is 0 Å². The predicted molar refractivity (Wildman–Crippen MR) is 105 cm³/mol. The van der Waals surface area contributed by atoms with Crippen molar-refractivity contribution in [1.29, 1.82) is 0 Å². The van der Waals surface area contributed by atoms with Gasteiger partial charge in [-0.05, 0) is 38.3 Å². The Morgan fingerprint density at radius 2 is 2.19 bits per heavy atom. The number of carbonyl (C=O) groups excluding carboxylic acids is 1. The summed E-state index contributed by atoms with van der Waals surface area (Å²) < 4.78 is 10.1. The van der Waals surface area contributed by atoms with Crippen LogP contribution in [0.4, 0.5) is 0 Å². The van der Waals surface area contributed by atoms with E-state index < -0.39 is 5.97 Å². The third-order valence-electron chi connectivity index (χ3n) is 5.13. The van der Waals surface area contributed by atoms with E-state index in [4.69, 9.17) is 9.47 Å². The van der Waals surface area contributed by atoms with Crippen molar-refractivity contribution in [2.45, 2.75) is 52.1 Å². The fourth-order valence-electron chi connectivity index (χ4n) is 3.66. The largest absolute Gasteiger partial charge is 0.459 e. The number of ether oxygens (including phenoxy) is 2. The first-order valence-electron chi connectivity index (χ1n) is 9.47. The molecule has 27 heavy (non-hydrogen) atoms. The number of piperidine rings is 1. The molecule has 1 N–H and O–H groups in total. The van der Waals surface area contributed by atoms with Crippen LogP contribution < -0.4 is 5.56 Å². The first-order valence-corrected chi connectivity index (χ1v) is 10.3. The Morgan fingerprint density at radius 3 is 2.93 bits per heavy atom. The Balaban J connectivity index is 1.85. The average Bonchev–Trinajstić information content (AvgIpc) is 2.99. The van der Waals surface area contributed by atoms with Crippen molar-refractivity contribution in [2.75, 3.05) is 26.9 Å². The number of nitrogens with one attached hydrogen (secondary N) is 1. The second-order valence-corrected chi connectivity index (χ2v) is 7.91. The number of aromatic amines is 1. The number of aromatic nitrogens is 2. The molecule has 2 aromatic rings. The van der Waals surface area contributed by atoms with Gasteiger partial charge in [-0.1, -0.05) is 13.3 Å². The van der Waals surface area contributed by atoms with Crippen molar-refractivity contribution >= 4 is 27.5 Å². The molecule has 0 saturated carbocycles. The molecule has 0 aliphatic carbocycles. The maximum atomic E-state index is 12.6. The quantitative estimate of drug-likeness (QED) is 0.575. The van der Waals surface area contributed by atoms with Gasteiger partial charge in [0.15, 0.2) is 0 Å². The van der Waals surface area contributed by atoms with E-state index in [1.54, 1.807) is 14.0 Å². The van der Waals surface area contributed by atoms with Crippen molar-refractivity contribution < 1.29 is 14.3 Å². The molecule has 1 aliphatic rings. The second kappa shape index (κ2) is 8.95. The molecule has 0 spiro atoms. The molecule has 3 rings (SSSR count). The van der Waals surface area contributed by atoms with Gasteiger partial charge in [-0.25, -0.2) is 9.78 Å². The summed E-state index contributed by atoms with van der Waals surface area (Å²) >= 11 is 1.22. The molecule has 1 atom stereocenters. The Hall–Kier alpha value is -1.77. The van der Waals surface area contributed by atoms with Gasteiger partial charge in [0.1, 0.15) is 22.1 Å². The number of methoxy groups -OCH3 is 1. The fraction of sp³-hybridized carbons (Fsp3) is 0.632. The van der Waals surface area contributed by atoms with Crippen LogP contribution >= 0.6 is 11.3 Å². The van der Waals surface area contributed by atoms with Gasteiger partial charge in [0.2, 0.25) is 0 Å². The average molecular weight is 394 g/mol. The van der Waals surface area contributed by atoms with Crippen LogP contribution in [0.15, 0.2) is 4.79 Å². The van der Waals surface area contributed by atoms with E-state index in [9.17, 15) is 9.59 Å². The molecular weight excluding hydrogens is 366 g/mol. The number of nitrogens with zero attached hydrogens (tertiary/aromatic N) is 2. The Kier molecular flexibility index (Phi) is 6.62. The smallest absolute Gasteiger partial charge is 0.348 e. The molecule has 0 radical (unpaired) electrons. The minimum absolute atomic E-state index is 0.186. The van der Waals surface area contributed by atoms with Gasteiger partial charge in [0.25, 0.3) is 5.56 Å². The Labute approximate surface area is 162 Å². The Bertz CT molecular complexity index is 860. The van der Waals surface area contributed by atoms with Crippen LogP contribution in [-0.2, 0) is 16.0 Å². The summed E-state index contributed by atoms with van der Waals surface area (Å²) in [6.45, 7) is 6.15. The van der Waals surface area contributed by atoms with Gasteiger partial charge in [0, 0.05) is 13.2 Å². The van der Waals surface area contributed by atoms with Gasteiger partial charge in [-0.15, -0.1) is 11.3 Å². The fourth-order valence-corrected chi connectivity index (χ4v) is 4.76. The first-order chi connectivity index (χ1) is 13.0. The molecule has 8 heteroatoms. The zero-order valence-electron chi connectivity index (χ0n) is 16.2. The summed E-state index contributed by atoms with van der Waals surface area (Å²) in [4.78, 5) is 35.9. The second-order valence-electron chi connectivity index (χ2n) is 6.91. The molecule has 1 unspecified atom stereocenters. The third kappa shape index (κ3) is 4.39. The van der Waals surface area contributed by atoms with E-state index in [0.717, 1.165) is 13.0 Å². The van der Waals surface area contributed by atoms with Gasteiger partial charge < -0.3 is 14.5 Å². The van der Waals surface area contributed by atoms with Crippen LogP contribution in [0.5, 0.6) is 0 Å². The Morgan fingerprint density at radius 1 is 1.37 bits per heavy atom. The molecule has 1 saturated heterocycles. The lowest BCUT2D eigenvalue weighted by molar-refractivity contribution is 0.0393. The number of H-pyrrole nitrogens is 1. The molecule has 3 heterocycles. The number of rotatable bonds is 7. The van der Waals surface area contributed by atoms with E-state index in [1.807, 2.05) is 0 Å². The molecule has 2 aromatic heterocycles. The van der Waals surface area contributed by atoms with E-state index in [-0.39, 0.29) is 12.2 Å². The van der Waals surface area contributed by atoms with E-state index >= 15 is 0 Å². The monoisotopic (exact) mass is 393 g/mol. The van der Waals surface area contributed by atoms with Crippen LogP contribution in [0.1, 0.15) is 53.7 Å². The highest BCUT2D eigenvalue weighted by Gasteiger charge is 2.24. The lowest BCUT2D eigenvalue weighted by Gasteiger charge is -2.34. The number of hydrogen-bond donors (Lipinski definition) is 1. The predicted octanol–water partition coefficient (Wildman–Crippen LogP) is 2.86. The van der Waals surface area contributed by atoms with Crippen molar-refractivity contribution in [3.05, 3.63) is 26.6 Å². The third-order valence-corrected chi connectivity index (χ3v) is 6.29. The highest BCUT2D eigenvalue weighted by atomic mass is 32.1. The summed E-state index contributed by atoms with van der Waals surface area (Å²) in [5.41, 5.74) is 0.437. The van der Waals surface area contributed by atoms with Crippen LogP contribution in [0.25, 0.3) is 10.2 Å². The standard InChI is InChI=1S/C19H27N3O4S/c1-4-13-7-5-6-8-22(13)11-14-20-17(23)15-12(2)16(27-18(15)21-14)19(24)26-10-9-25-3/h13H,4-11H2,1-3H3,(H,20,21,23). The summed E-state index contributed by atoms with van der Waals surface area (Å²) in [6, 6.07) is 0.538. The van der Waals surface area contributed by atoms with Crippen molar-refractivity contribution in [2.24, 2.45) is 0 Å². The SMILES string of the molecule is CCC1CCCCN1Cc1nc2sc(C(=O)OCCOC)c(C)c2c(=O)[nH]1. The van der Waals surface area contributed by atoms with Gasteiger partial charge >= 0.3 is 5.97 Å². The van der Waals surface area contributed by atoms with E-state index in [0.29, 0.717) is 45.7 Å². The molecule has 1 fully saturated rings. The van der Waals surface area contributed by atoms with Crippen LogP contribution in [0.3, 0.4) is 0 Å². The molecule has 0 aromatic carbocycles. The maximum Gasteiger partial charge on any atom is 0.348 e. The van der Waals surface area contributed by atoms with Crippen molar-refractivity contribution in [3.63, 3.8) is 0 Å². The summed E-state index contributed by atoms with van der Waals surface area (Å²) in [5, 5.41) is 0.480. The number of esters is 1. The number of carbonyl (C=O) groups is 1. The number of aryl methyl sites for hydroxylation is 1. The lowest BCUT2D eigenvalue weighted by atomic mass is 10.0. The molecule has 0 amide bonds.